The van der Waals surface area contributed by atoms with Gasteiger partial charge in [0.15, 0.2) is 5.78 Å². The maximum absolute atomic E-state index is 12.8. The molecule has 0 saturated carbocycles. The highest BCUT2D eigenvalue weighted by Gasteiger charge is 2.12. The highest BCUT2D eigenvalue weighted by atomic mass is 16.1. The number of nitrogens with zero attached hydrogens (tertiary/aromatic N) is 5. The molecule has 4 aromatic rings. The first-order valence-electron chi connectivity index (χ1n) is 9.39. The SMILES string of the molecule is Cc1nccn1-c1cccc(C(=O)CNc2nc(-c3ccncc3)cc(=O)n2C)c1. The van der Waals surface area contributed by atoms with Gasteiger partial charge in [0.05, 0.1) is 12.2 Å². The molecule has 8 nitrogen and oxygen atoms in total. The summed E-state index contributed by atoms with van der Waals surface area (Å²) < 4.78 is 3.29. The normalized spacial score (nSPS) is 10.7. The Bertz CT molecular complexity index is 1260. The van der Waals surface area contributed by atoms with Crippen molar-refractivity contribution in [2.24, 2.45) is 7.05 Å². The van der Waals surface area contributed by atoms with E-state index in [4.69, 9.17) is 0 Å². The summed E-state index contributed by atoms with van der Waals surface area (Å²) in [6.07, 6.45) is 6.84. The van der Waals surface area contributed by atoms with Crippen molar-refractivity contribution < 1.29 is 4.79 Å². The van der Waals surface area contributed by atoms with Gasteiger partial charge in [0.25, 0.3) is 5.56 Å². The van der Waals surface area contributed by atoms with E-state index in [0.717, 1.165) is 17.1 Å². The third-order valence-corrected chi connectivity index (χ3v) is 4.79. The second-order valence-corrected chi connectivity index (χ2v) is 6.77. The largest absolute Gasteiger partial charge is 0.348 e. The van der Waals surface area contributed by atoms with E-state index in [0.29, 0.717) is 17.2 Å². The summed E-state index contributed by atoms with van der Waals surface area (Å²) >= 11 is 0. The average molecular weight is 400 g/mol. The van der Waals surface area contributed by atoms with Crippen molar-refractivity contribution in [3.63, 3.8) is 0 Å². The summed E-state index contributed by atoms with van der Waals surface area (Å²) in [5.41, 5.74) is 2.50. The molecule has 0 spiro atoms. The second kappa shape index (κ2) is 8.12. The lowest BCUT2D eigenvalue weighted by molar-refractivity contribution is 0.101. The molecular weight excluding hydrogens is 380 g/mol. The lowest BCUT2D eigenvalue weighted by Crippen LogP contribution is -2.24. The molecule has 0 radical (unpaired) electrons. The van der Waals surface area contributed by atoms with Crippen LogP contribution in [0.2, 0.25) is 0 Å². The van der Waals surface area contributed by atoms with Crippen LogP contribution in [0.3, 0.4) is 0 Å². The molecule has 4 rings (SSSR count). The minimum absolute atomic E-state index is 0.00639. The minimum Gasteiger partial charge on any atom is -0.348 e. The number of pyridine rings is 1. The van der Waals surface area contributed by atoms with E-state index >= 15 is 0 Å². The molecule has 1 N–H and O–H groups in total. The van der Waals surface area contributed by atoms with Gasteiger partial charge in [-0.15, -0.1) is 0 Å². The minimum atomic E-state index is -0.218. The van der Waals surface area contributed by atoms with Crippen LogP contribution in [0.1, 0.15) is 16.2 Å². The number of hydrogen-bond acceptors (Lipinski definition) is 6. The number of rotatable bonds is 6. The maximum atomic E-state index is 12.8. The molecule has 3 heterocycles. The maximum Gasteiger partial charge on any atom is 0.255 e. The van der Waals surface area contributed by atoms with Crippen LogP contribution >= 0.6 is 0 Å². The van der Waals surface area contributed by atoms with Crippen LogP contribution in [0, 0.1) is 6.92 Å². The van der Waals surface area contributed by atoms with Crippen LogP contribution < -0.4 is 10.9 Å². The standard InChI is InChI=1S/C22H20N6O2/c1-15-24-10-11-28(15)18-5-3-4-17(12-18)20(29)14-25-22-26-19(13-21(30)27(22)2)16-6-8-23-9-7-16/h3-13H,14H2,1-2H3,(H,25,26). The number of hydrogen-bond donors (Lipinski definition) is 1. The molecule has 0 atom stereocenters. The second-order valence-electron chi connectivity index (χ2n) is 6.77. The van der Waals surface area contributed by atoms with Gasteiger partial charge in [-0.3, -0.25) is 19.1 Å². The van der Waals surface area contributed by atoms with Crippen LogP contribution in [-0.2, 0) is 7.05 Å². The lowest BCUT2D eigenvalue weighted by Gasteiger charge is -2.12. The molecule has 3 aromatic heterocycles. The van der Waals surface area contributed by atoms with Gasteiger partial charge in [-0.1, -0.05) is 12.1 Å². The van der Waals surface area contributed by atoms with Crippen molar-refractivity contribution in [2.45, 2.75) is 6.92 Å². The van der Waals surface area contributed by atoms with Gasteiger partial charge in [0, 0.05) is 54.7 Å². The highest BCUT2D eigenvalue weighted by molar-refractivity contribution is 5.99. The number of nitrogens with one attached hydrogen (secondary N) is 1. The molecule has 0 aliphatic rings. The fraction of sp³-hybridized carbons (Fsp3) is 0.136. The van der Waals surface area contributed by atoms with Crippen molar-refractivity contribution in [3.05, 3.63) is 89.0 Å². The third kappa shape index (κ3) is 3.88. The fourth-order valence-electron chi connectivity index (χ4n) is 3.11. The van der Waals surface area contributed by atoms with E-state index in [1.807, 2.05) is 35.9 Å². The zero-order valence-corrected chi connectivity index (χ0v) is 16.6. The van der Waals surface area contributed by atoms with Gasteiger partial charge >= 0.3 is 0 Å². The Hall–Kier alpha value is -4.07. The number of anilines is 1. The van der Waals surface area contributed by atoms with Crippen molar-refractivity contribution >= 4 is 11.7 Å². The number of carbonyl (C=O) groups excluding carboxylic acids is 1. The zero-order chi connectivity index (χ0) is 21.1. The van der Waals surface area contributed by atoms with Crippen molar-refractivity contribution in [3.8, 4) is 16.9 Å². The van der Waals surface area contributed by atoms with Crippen molar-refractivity contribution in [1.29, 1.82) is 0 Å². The predicted octanol–water partition coefficient (Wildman–Crippen LogP) is 2.63. The van der Waals surface area contributed by atoms with E-state index < -0.39 is 0 Å². The van der Waals surface area contributed by atoms with E-state index in [-0.39, 0.29) is 17.9 Å². The third-order valence-electron chi connectivity index (χ3n) is 4.79. The Balaban J connectivity index is 1.55. The Kier molecular flexibility index (Phi) is 5.21. The van der Waals surface area contributed by atoms with Crippen LogP contribution in [0.5, 0.6) is 0 Å². The smallest absolute Gasteiger partial charge is 0.255 e. The molecule has 30 heavy (non-hydrogen) atoms. The van der Waals surface area contributed by atoms with Crippen LogP contribution in [0.15, 0.2) is 72.0 Å². The van der Waals surface area contributed by atoms with Gasteiger partial charge in [0.2, 0.25) is 5.95 Å². The molecule has 0 fully saturated rings. The number of Topliss-reactive ketones (excluding diaryl/α,β-unsaturated/α-hetero) is 1. The van der Waals surface area contributed by atoms with E-state index in [2.05, 4.69) is 20.3 Å². The quantitative estimate of drug-likeness (QED) is 0.500. The molecule has 0 bridgehead atoms. The molecule has 8 heteroatoms. The number of aryl methyl sites for hydroxylation is 1. The molecule has 0 amide bonds. The van der Waals surface area contributed by atoms with Crippen molar-refractivity contribution in [1.82, 2.24) is 24.1 Å². The van der Waals surface area contributed by atoms with E-state index in [9.17, 15) is 9.59 Å². The van der Waals surface area contributed by atoms with Crippen LogP contribution in [0.25, 0.3) is 16.9 Å². The molecule has 0 aliphatic carbocycles. The lowest BCUT2D eigenvalue weighted by atomic mass is 10.1. The number of imidazole rings is 1. The molecule has 0 unspecified atom stereocenters. The van der Waals surface area contributed by atoms with E-state index in [1.165, 1.54) is 10.6 Å². The number of carbonyl (C=O) groups is 1. The topological polar surface area (TPSA) is 94.7 Å². The van der Waals surface area contributed by atoms with Gasteiger partial charge in [0.1, 0.15) is 5.82 Å². The first-order chi connectivity index (χ1) is 14.5. The Morgan fingerprint density at radius 2 is 1.90 bits per heavy atom. The van der Waals surface area contributed by atoms with E-state index in [1.54, 1.807) is 43.8 Å². The molecule has 0 aliphatic heterocycles. The first kappa shape index (κ1) is 19.3. The monoisotopic (exact) mass is 400 g/mol. The summed E-state index contributed by atoms with van der Waals surface area (Å²) in [5.74, 6) is 1.05. The summed E-state index contributed by atoms with van der Waals surface area (Å²) in [4.78, 5) is 37.8. The first-order valence-corrected chi connectivity index (χ1v) is 9.39. The van der Waals surface area contributed by atoms with Gasteiger partial charge < -0.3 is 9.88 Å². The number of benzene rings is 1. The predicted molar refractivity (Wildman–Crippen MR) is 114 cm³/mol. The van der Waals surface area contributed by atoms with Crippen LogP contribution in [0.4, 0.5) is 5.95 Å². The summed E-state index contributed by atoms with van der Waals surface area (Å²) in [7, 11) is 1.61. The fourth-order valence-corrected chi connectivity index (χ4v) is 3.11. The Morgan fingerprint density at radius 1 is 1.10 bits per heavy atom. The molecule has 150 valence electrons. The number of aromatic nitrogens is 5. The molecule has 1 aromatic carbocycles. The van der Waals surface area contributed by atoms with Gasteiger partial charge in [-0.2, -0.15) is 0 Å². The zero-order valence-electron chi connectivity index (χ0n) is 16.6. The van der Waals surface area contributed by atoms with Gasteiger partial charge in [-0.25, -0.2) is 9.97 Å². The summed E-state index contributed by atoms with van der Waals surface area (Å²) in [5, 5.41) is 3.00. The molecule has 0 saturated heterocycles. The van der Waals surface area contributed by atoms with Crippen LogP contribution in [-0.4, -0.2) is 36.4 Å². The molecular formula is C22H20N6O2. The highest BCUT2D eigenvalue weighted by Crippen LogP contribution is 2.16. The average Bonchev–Trinajstić information content (AvgIpc) is 3.21. The summed E-state index contributed by atoms with van der Waals surface area (Å²) in [6, 6.07) is 12.3. The Labute approximate surface area is 172 Å². The Morgan fingerprint density at radius 3 is 2.63 bits per heavy atom. The number of ketones is 1. The van der Waals surface area contributed by atoms with Gasteiger partial charge in [-0.05, 0) is 31.2 Å². The summed E-state index contributed by atoms with van der Waals surface area (Å²) in [6.45, 7) is 1.91. The van der Waals surface area contributed by atoms with Crippen molar-refractivity contribution in [2.75, 3.05) is 11.9 Å².